The zero-order valence-corrected chi connectivity index (χ0v) is 12.8. The van der Waals surface area contributed by atoms with Gasteiger partial charge < -0.3 is 10.6 Å². The van der Waals surface area contributed by atoms with E-state index in [2.05, 4.69) is 10.1 Å². The molecule has 0 fully saturated rings. The van der Waals surface area contributed by atoms with Crippen LogP contribution in [0.4, 0.5) is 5.69 Å². The van der Waals surface area contributed by atoms with Gasteiger partial charge in [-0.1, -0.05) is 0 Å². The van der Waals surface area contributed by atoms with E-state index in [0.717, 1.165) is 5.56 Å². The fourth-order valence-corrected chi connectivity index (χ4v) is 1.69. The molecule has 1 amide bonds. The van der Waals surface area contributed by atoms with Crippen molar-refractivity contribution in [2.75, 3.05) is 12.8 Å². The molecule has 110 valence electrons. The largest absolute Gasteiger partial charge is 0.398 e. The minimum atomic E-state index is -0.149. The minimum Gasteiger partial charge on any atom is -0.398 e. The zero-order valence-electron chi connectivity index (χ0n) is 11.2. The molecule has 0 unspecified atom stereocenters. The van der Waals surface area contributed by atoms with Crippen LogP contribution in [0.15, 0.2) is 30.9 Å². The first-order chi connectivity index (χ1) is 8.58. The molecule has 0 saturated heterocycles. The summed E-state index contributed by atoms with van der Waals surface area (Å²) in [5, 5.41) is 4.06. The van der Waals surface area contributed by atoms with Crippen molar-refractivity contribution in [3.05, 3.63) is 42.0 Å². The molecule has 0 aliphatic heterocycles. The van der Waals surface area contributed by atoms with Gasteiger partial charge in [0.2, 0.25) is 0 Å². The van der Waals surface area contributed by atoms with Crippen LogP contribution in [-0.2, 0) is 13.6 Å². The Morgan fingerprint density at radius 3 is 2.65 bits per heavy atom. The first-order valence-electron chi connectivity index (χ1n) is 5.50. The van der Waals surface area contributed by atoms with Crippen molar-refractivity contribution in [2.24, 2.45) is 7.05 Å². The molecule has 0 aromatic carbocycles. The lowest BCUT2D eigenvalue weighted by Crippen LogP contribution is -2.27. The third kappa shape index (κ3) is 4.11. The van der Waals surface area contributed by atoms with Crippen molar-refractivity contribution in [1.29, 1.82) is 0 Å². The van der Waals surface area contributed by atoms with Crippen LogP contribution in [0.3, 0.4) is 0 Å². The van der Waals surface area contributed by atoms with E-state index in [-0.39, 0.29) is 30.7 Å². The van der Waals surface area contributed by atoms with E-state index in [1.165, 1.54) is 6.20 Å². The van der Waals surface area contributed by atoms with Crippen LogP contribution in [0.1, 0.15) is 15.9 Å². The van der Waals surface area contributed by atoms with E-state index >= 15 is 0 Å². The van der Waals surface area contributed by atoms with E-state index in [0.29, 0.717) is 17.8 Å². The topological polar surface area (TPSA) is 77.0 Å². The normalized spacial score (nSPS) is 9.30. The summed E-state index contributed by atoms with van der Waals surface area (Å²) in [5.41, 5.74) is 7.58. The quantitative estimate of drug-likeness (QED) is 0.931. The van der Waals surface area contributed by atoms with Gasteiger partial charge in [-0.15, -0.1) is 24.8 Å². The lowest BCUT2D eigenvalue weighted by molar-refractivity contribution is 0.0785. The number of nitrogens with two attached hydrogens (primary N) is 1. The summed E-state index contributed by atoms with van der Waals surface area (Å²) >= 11 is 0. The van der Waals surface area contributed by atoms with E-state index < -0.39 is 0 Å². The summed E-state index contributed by atoms with van der Waals surface area (Å²) in [7, 11) is 3.56. The molecule has 0 spiro atoms. The van der Waals surface area contributed by atoms with Gasteiger partial charge in [0.25, 0.3) is 5.91 Å². The molecule has 0 bridgehead atoms. The Balaban J connectivity index is 0.00000180. The number of aromatic nitrogens is 3. The highest BCUT2D eigenvalue weighted by molar-refractivity contribution is 5.98. The monoisotopic (exact) mass is 317 g/mol. The molecule has 0 saturated carbocycles. The highest BCUT2D eigenvalue weighted by Crippen LogP contribution is 2.12. The summed E-state index contributed by atoms with van der Waals surface area (Å²) in [5.74, 6) is -0.149. The number of hydrogen-bond donors (Lipinski definition) is 1. The second-order valence-corrected chi connectivity index (χ2v) is 4.15. The number of nitrogens with zero attached hydrogens (tertiary/aromatic N) is 4. The number of halogens is 2. The second-order valence-electron chi connectivity index (χ2n) is 4.15. The van der Waals surface area contributed by atoms with Crippen LogP contribution < -0.4 is 5.73 Å². The SMILES string of the molecule is CN(Cc1cnn(C)c1)C(=O)c1cnccc1N.Cl.Cl. The number of rotatable bonds is 3. The molecule has 20 heavy (non-hydrogen) atoms. The molecule has 2 heterocycles. The van der Waals surface area contributed by atoms with Gasteiger partial charge in [0, 0.05) is 50.5 Å². The van der Waals surface area contributed by atoms with E-state index in [4.69, 9.17) is 5.73 Å². The van der Waals surface area contributed by atoms with E-state index in [9.17, 15) is 4.79 Å². The number of anilines is 1. The Kier molecular flexibility index (Phi) is 7.02. The molecular weight excluding hydrogens is 301 g/mol. The molecule has 2 aromatic rings. The summed E-state index contributed by atoms with van der Waals surface area (Å²) in [6.07, 6.45) is 6.65. The standard InChI is InChI=1S/C12H15N5O.2ClH/c1-16(7-9-5-15-17(2)8-9)12(18)10-6-14-4-3-11(10)13;;/h3-6,8H,7H2,1-2H3,(H2,13,14);2*1H. The average molecular weight is 318 g/mol. The molecule has 2 N–H and O–H groups in total. The van der Waals surface area contributed by atoms with Gasteiger partial charge in [-0.25, -0.2) is 0 Å². The van der Waals surface area contributed by atoms with Crippen molar-refractivity contribution in [3.63, 3.8) is 0 Å². The van der Waals surface area contributed by atoms with Gasteiger partial charge in [-0.2, -0.15) is 5.10 Å². The van der Waals surface area contributed by atoms with Gasteiger partial charge in [-0.05, 0) is 6.07 Å². The Morgan fingerprint density at radius 2 is 2.10 bits per heavy atom. The van der Waals surface area contributed by atoms with Crippen LogP contribution in [-0.4, -0.2) is 32.6 Å². The maximum atomic E-state index is 12.2. The van der Waals surface area contributed by atoms with Crippen LogP contribution in [0, 0.1) is 0 Å². The average Bonchev–Trinajstić information content (AvgIpc) is 2.74. The predicted octanol–water partition coefficient (Wildman–Crippen LogP) is 1.51. The second kappa shape index (κ2) is 7.72. The summed E-state index contributed by atoms with van der Waals surface area (Å²) in [6, 6.07) is 1.62. The maximum Gasteiger partial charge on any atom is 0.257 e. The van der Waals surface area contributed by atoms with Crippen molar-refractivity contribution in [3.8, 4) is 0 Å². The molecule has 0 aliphatic rings. The number of carbonyl (C=O) groups is 1. The number of aryl methyl sites for hydroxylation is 1. The van der Waals surface area contributed by atoms with Crippen LogP contribution in [0.25, 0.3) is 0 Å². The Morgan fingerprint density at radius 1 is 1.40 bits per heavy atom. The van der Waals surface area contributed by atoms with Crippen molar-refractivity contribution >= 4 is 36.4 Å². The lowest BCUT2D eigenvalue weighted by Gasteiger charge is -2.16. The molecule has 0 atom stereocenters. The third-order valence-electron chi connectivity index (χ3n) is 2.61. The van der Waals surface area contributed by atoms with E-state index in [1.54, 1.807) is 35.1 Å². The van der Waals surface area contributed by atoms with Crippen LogP contribution >= 0.6 is 24.8 Å². The van der Waals surface area contributed by atoms with Crippen molar-refractivity contribution in [2.45, 2.75) is 6.54 Å². The van der Waals surface area contributed by atoms with Gasteiger partial charge in [0.05, 0.1) is 11.8 Å². The lowest BCUT2D eigenvalue weighted by atomic mass is 10.2. The van der Waals surface area contributed by atoms with Gasteiger partial charge in [0.1, 0.15) is 0 Å². The van der Waals surface area contributed by atoms with Gasteiger partial charge in [0.15, 0.2) is 0 Å². The number of hydrogen-bond acceptors (Lipinski definition) is 4. The fraction of sp³-hybridized carbons (Fsp3) is 0.250. The highest BCUT2D eigenvalue weighted by atomic mass is 35.5. The Bertz CT molecular complexity index is 572. The number of nitrogen functional groups attached to an aromatic ring is 1. The summed E-state index contributed by atoms with van der Waals surface area (Å²) in [4.78, 5) is 17.7. The maximum absolute atomic E-state index is 12.2. The molecular formula is C12H17Cl2N5O. The van der Waals surface area contributed by atoms with E-state index in [1.807, 2.05) is 13.2 Å². The Hall–Kier alpha value is -1.79. The number of amides is 1. The first kappa shape index (κ1) is 18.2. The van der Waals surface area contributed by atoms with Crippen molar-refractivity contribution < 1.29 is 4.79 Å². The van der Waals surface area contributed by atoms with Crippen LogP contribution in [0.2, 0.25) is 0 Å². The molecule has 8 heteroatoms. The summed E-state index contributed by atoms with van der Waals surface area (Å²) < 4.78 is 1.70. The zero-order chi connectivity index (χ0) is 13.1. The molecule has 0 aliphatic carbocycles. The molecule has 2 aromatic heterocycles. The number of carbonyl (C=O) groups excluding carboxylic acids is 1. The third-order valence-corrected chi connectivity index (χ3v) is 2.61. The number of pyridine rings is 1. The molecule has 6 nitrogen and oxygen atoms in total. The van der Waals surface area contributed by atoms with Gasteiger partial charge in [-0.3, -0.25) is 14.5 Å². The fourth-order valence-electron chi connectivity index (χ4n) is 1.69. The summed E-state index contributed by atoms with van der Waals surface area (Å²) in [6.45, 7) is 0.487. The minimum absolute atomic E-state index is 0. The molecule has 2 rings (SSSR count). The smallest absolute Gasteiger partial charge is 0.257 e. The van der Waals surface area contributed by atoms with Crippen LogP contribution in [0.5, 0.6) is 0 Å². The molecule has 0 radical (unpaired) electrons. The first-order valence-corrected chi connectivity index (χ1v) is 5.50. The predicted molar refractivity (Wildman–Crippen MR) is 82.2 cm³/mol. The Labute approximate surface area is 129 Å². The van der Waals surface area contributed by atoms with Crippen molar-refractivity contribution in [1.82, 2.24) is 19.7 Å². The van der Waals surface area contributed by atoms with Gasteiger partial charge >= 0.3 is 0 Å². The highest BCUT2D eigenvalue weighted by Gasteiger charge is 2.15.